The molecule has 0 amide bonds. The number of unbranched alkanes of at least 4 members (excludes halogenated alkanes) is 1. The molecular formula is C11H19NO3. The zero-order chi connectivity index (χ0) is 11.7. The van der Waals surface area contributed by atoms with Gasteiger partial charge in [0.2, 0.25) is 0 Å². The van der Waals surface area contributed by atoms with Gasteiger partial charge < -0.3 is 10.5 Å². The molecule has 0 aliphatic heterocycles. The van der Waals surface area contributed by atoms with Crippen LogP contribution in [0.15, 0.2) is 11.6 Å². The van der Waals surface area contributed by atoms with Crippen LogP contribution in [-0.4, -0.2) is 24.9 Å². The summed E-state index contributed by atoms with van der Waals surface area (Å²) in [6, 6.07) is 0. The number of carbonyl (C=O) groups excluding carboxylic acids is 2. The fourth-order valence-corrected chi connectivity index (χ4v) is 0.982. The lowest BCUT2D eigenvalue weighted by Gasteiger charge is -2.05. The lowest BCUT2D eigenvalue weighted by molar-refractivity contribution is -0.140. The number of esters is 1. The molecular weight excluding hydrogens is 194 g/mol. The predicted molar refractivity (Wildman–Crippen MR) is 58.3 cm³/mol. The molecule has 0 aromatic carbocycles. The molecule has 0 spiro atoms. The van der Waals surface area contributed by atoms with Crippen molar-refractivity contribution in [3.8, 4) is 0 Å². The maximum absolute atomic E-state index is 11.4. The van der Waals surface area contributed by atoms with Crippen LogP contribution < -0.4 is 5.73 Å². The van der Waals surface area contributed by atoms with E-state index >= 15 is 0 Å². The number of Topliss-reactive ketones (excluding diaryl/α,β-unsaturated/α-hetero) is 1. The quantitative estimate of drug-likeness (QED) is 0.298. The van der Waals surface area contributed by atoms with E-state index < -0.39 is 5.97 Å². The van der Waals surface area contributed by atoms with Crippen molar-refractivity contribution >= 4 is 11.8 Å². The topological polar surface area (TPSA) is 69.4 Å². The lowest BCUT2D eigenvalue weighted by Crippen LogP contribution is -2.23. The van der Waals surface area contributed by atoms with Crippen molar-refractivity contribution < 1.29 is 14.3 Å². The van der Waals surface area contributed by atoms with Gasteiger partial charge in [0.1, 0.15) is 0 Å². The molecule has 4 nitrogen and oxygen atoms in total. The van der Waals surface area contributed by atoms with Crippen molar-refractivity contribution in [2.75, 3.05) is 13.2 Å². The van der Waals surface area contributed by atoms with E-state index in [9.17, 15) is 9.59 Å². The summed E-state index contributed by atoms with van der Waals surface area (Å²) in [7, 11) is 0. The van der Waals surface area contributed by atoms with Crippen molar-refractivity contribution in [3.63, 3.8) is 0 Å². The van der Waals surface area contributed by atoms with E-state index in [1.54, 1.807) is 6.08 Å². The molecule has 4 heteroatoms. The second kappa shape index (κ2) is 8.17. The van der Waals surface area contributed by atoms with E-state index in [0.29, 0.717) is 13.0 Å². The average Bonchev–Trinajstić information content (AvgIpc) is 2.26. The number of allylic oxidation sites excluding steroid dienone is 1. The number of hydrogen-bond donors (Lipinski definition) is 1. The van der Waals surface area contributed by atoms with Crippen LogP contribution in [0.25, 0.3) is 0 Å². The Morgan fingerprint density at radius 3 is 2.40 bits per heavy atom. The van der Waals surface area contributed by atoms with Crippen LogP contribution in [0.2, 0.25) is 0 Å². The first-order chi connectivity index (χ1) is 7.17. The molecule has 0 aliphatic rings. The molecule has 0 heterocycles. The molecule has 86 valence electrons. The maximum atomic E-state index is 11.4. The molecule has 0 aliphatic carbocycles. The van der Waals surface area contributed by atoms with Gasteiger partial charge in [-0.2, -0.15) is 0 Å². The maximum Gasteiger partial charge on any atom is 0.341 e. The fourth-order valence-electron chi connectivity index (χ4n) is 0.982. The van der Waals surface area contributed by atoms with E-state index in [-0.39, 0.29) is 17.9 Å². The number of carbonyl (C=O) groups is 2. The van der Waals surface area contributed by atoms with E-state index in [2.05, 4.69) is 0 Å². The summed E-state index contributed by atoms with van der Waals surface area (Å²) in [6.07, 6.45) is 3.90. The number of nitrogens with two attached hydrogens (primary N) is 1. The second-order valence-corrected chi connectivity index (χ2v) is 3.17. The molecule has 15 heavy (non-hydrogen) atoms. The van der Waals surface area contributed by atoms with E-state index in [0.717, 1.165) is 12.8 Å². The first kappa shape index (κ1) is 13.8. The number of hydrogen-bond acceptors (Lipinski definition) is 4. The summed E-state index contributed by atoms with van der Waals surface area (Å²) in [5.74, 6) is -0.912. The number of rotatable bonds is 7. The van der Waals surface area contributed by atoms with Gasteiger partial charge in [0.15, 0.2) is 5.78 Å². The van der Waals surface area contributed by atoms with E-state index in [4.69, 9.17) is 10.5 Å². The Bertz CT molecular complexity index is 246. The van der Waals surface area contributed by atoms with Gasteiger partial charge in [-0.1, -0.05) is 26.3 Å². The van der Waals surface area contributed by atoms with Crippen LogP contribution in [0, 0.1) is 0 Å². The molecule has 0 aromatic heterocycles. The molecule has 0 radical (unpaired) electrons. The lowest BCUT2D eigenvalue weighted by atomic mass is 10.1. The minimum absolute atomic E-state index is 0.0906. The van der Waals surface area contributed by atoms with Crippen LogP contribution in [0.1, 0.15) is 33.1 Å². The highest BCUT2D eigenvalue weighted by Gasteiger charge is 2.17. The second-order valence-electron chi connectivity index (χ2n) is 3.17. The smallest absolute Gasteiger partial charge is 0.341 e. The van der Waals surface area contributed by atoms with Crippen LogP contribution in [-0.2, 0) is 14.3 Å². The van der Waals surface area contributed by atoms with Crippen molar-refractivity contribution in [2.24, 2.45) is 5.73 Å². The van der Waals surface area contributed by atoms with Crippen molar-refractivity contribution in [3.05, 3.63) is 11.6 Å². The van der Waals surface area contributed by atoms with Crippen molar-refractivity contribution in [1.82, 2.24) is 0 Å². The van der Waals surface area contributed by atoms with Gasteiger partial charge in [-0.05, 0) is 12.8 Å². The SMILES string of the molecule is CCCC=C(C(=O)CN)C(=O)OCCC. The summed E-state index contributed by atoms with van der Waals surface area (Å²) in [5.41, 5.74) is 5.30. The third-order valence-corrected chi connectivity index (χ3v) is 1.78. The summed E-state index contributed by atoms with van der Waals surface area (Å²) in [6.45, 7) is 4.04. The highest BCUT2D eigenvalue weighted by Crippen LogP contribution is 2.04. The summed E-state index contributed by atoms with van der Waals surface area (Å²) < 4.78 is 4.89. The molecule has 2 N–H and O–H groups in total. The molecule has 0 aromatic rings. The zero-order valence-electron chi connectivity index (χ0n) is 9.41. The highest BCUT2D eigenvalue weighted by atomic mass is 16.5. The Labute approximate surface area is 90.5 Å². The minimum atomic E-state index is -0.555. The Balaban J connectivity index is 4.48. The van der Waals surface area contributed by atoms with Gasteiger partial charge in [0, 0.05) is 0 Å². The van der Waals surface area contributed by atoms with Crippen LogP contribution in [0.5, 0.6) is 0 Å². The predicted octanol–water partition coefficient (Wildman–Crippen LogP) is 1.19. The summed E-state index contributed by atoms with van der Waals surface area (Å²) in [4.78, 5) is 22.8. The first-order valence-corrected chi connectivity index (χ1v) is 5.27. The monoisotopic (exact) mass is 213 g/mol. The third kappa shape index (κ3) is 5.32. The van der Waals surface area contributed by atoms with E-state index in [1.165, 1.54) is 0 Å². The van der Waals surface area contributed by atoms with Gasteiger partial charge >= 0.3 is 5.97 Å². The van der Waals surface area contributed by atoms with Crippen molar-refractivity contribution in [1.29, 1.82) is 0 Å². The molecule has 0 atom stereocenters. The fraction of sp³-hybridized carbons (Fsp3) is 0.636. The van der Waals surface area contributed by atoms with Gasteiger partial charge in [0.05, 0.1) is 18.7 Å². The molecule has 0 unspecified atom stereocenters. The minimum Gasteiger partial charge on any atom is -0.462 e. The average molecular weight is 213 g/mol. The Hall–Kier alpha value is -1.16. The van der Waals surface area contributed by atoms with Crippen LogP contribution in [0.3, 0.4) is 0 Å². The summed E-state index contributed by atoms with van der Waals surface area (Å²) >= 11 is 0. The van der Waals surface area contributed by atoms with Crippen LogP contribution >= 0.6 is 0 Å². The van der Waals surface area contributed by atoms with Gasteiger partial charge in [-0.3, -0.25) is 4.79 Å². The highest BCUT2D eigenvalue weighted by molar-refractivity contribution is 6.17. The Morgan fingerprint density at radius 2 is 1.93 bits per heavy atom. The standard InChI is InChI=1S/C11H19NO3/c1-3-5-6-9(10(13)8-12)11(14)15-7-4-2/h6H,3-5,7-8,12H2,1-2H3. The molecule has 0 rings (SSSR count). The molecule has 0 saturated carbocycles. The van der Waals surface area contributed by atoms with Gasteiger partial charge in [-0.25, -0.2) is 4.79 Å². The zero-order valence-corrected chi connectivity index (χ0v) is 9.41. The molecule has 0 bridgehead atoms. The summed E-state index contributed by atoms with van der Waals surface area (Å²) in [5, 5.41) is 0. The largest absolute Gasteiger partial charge is 0.462 e. The normalized spacial score (nSPS) is 11.3. The Kier molecular flexibility index (Phi) is 7.54. The van der Waals surface area contributed by atoms with Crippen molar-refractivity contribution in [2.45, 2.75) is 33.1 Å². The number of ketones is 1. The molecule has 0 saturated heterocycles. The van der Waals surface area contributed by atoms with Gasteiger partial charge in [-0.15, -0.1) is 0 Å². The molecule has 0 fully saturated rings. The van der Waals surface area contributed by atoms with E-state index in [1.807, 2.05) is 13.8 Å². The third-order valence-electron chi connectivity index (χ3n) is 1.78. The van der Waals surface area contributed by atoms with Crippen LogP contribution in [0.4, 0.5) is 0 Å². The Morgan fingerprint density at radius 1 is 1.27 bits per heavy atom. The first-order valence-electron chi connectivity index (χ1n) is 5.27. The number of ether oxygens (including phenoxy) is 1. The van der Waals surface area contributed by atoms with Gasteiger partial charge in [0.25, 0.3) is 0 Å².